The van der Waals surface area contributed by atoms with Crippen LogP contribution in [0.1, 0.15) is 40.0 Å². The molecule has 0 amide bonds. The van der Waals surface area contributed by atoms with Gasteiger partial charge in [-0.1, -0.05) is 60.7 Å². The van der Waals surface area contributed by atoms with Crippen molar-refractivity contribution < 1.29 is 14.7 Å². The maximum atomic E-state index is 12.4. The van der Waals surface area contributed by atoms with E-state index >= 15 is 0 Å². The van der Waals surface area contributed by atoms with Crippen LogP contribution in [0.4, 0.5) is 0 Å². The zero-order chi connectivity index (χ0) is 17.8. The van der Waals surface area contributed by atoms with Crippen LogP contribution >= 0.6 is 0 Å². The van der Waals surface area contributed by atoms with Gasteiger partial charge in [-0.2, -0.15) is 0 Å². The lowest BCUT2D eigenvalue weighted by Crippen LogP contribution is -2.38. The summed E-state index contributed by atoms with van der Waals surface area (Å²) in [5.74, 6) is 0.0891. The van der Waals surface area contributed by atoms with Crippen LogP contribution in [0.5, 0.6) is 0 Å². The van der Waals surface area contributed by atoms with Gasteiger partial charge in [0.1, 0.15) is 0 Å². The first-order valence-electron chi connectivity index (χ1n) is 8.62. The lowest BCUT2D eigenvalue weighted by atomic mass is 10.00. The van der Waals surface area contributed by atoms with Crippen molar-refractivity contribution >= 4 is 11.6 Å². The van der Waals surface area contributed by atoms with Crippen LogP contribution < -0.4 is 0 Å². The van der Waals surface area contributed by atoms with E-state index in [1.165, 1.54) is 0 Å². The number of hydrogen-bond acceptors (Lipinski definition) is 4. The van der Waals surface area contributed by atoms with Gasteiger partial charge in [-0.05, 0) is 13.5 Å². The van der Waals surface area contributed by atoms with Crippen LogP contribution in [0.2, 0.25) is 0 Å². The zero-order valence-electron chi connectivity index (χ0n) is 14.3. The Morgan fingerprint density at radius 2 is 1.40 bits per heavy atom. The first-order valence-corrected chi connectivity index (χ1v) is 8.62. The number of benzene rings is 2. The second-order valence-electron chi connectivity index (χ2n) is 6.68. The Kier molecular flexibility index (Phi) is 5.41. The lowest BCUT2D eigenvalue weighted by molar-refractivity contribution is 0.0821. The number of hydrogen-bond donors (Lipinski definition) is 1. The topological polar surface area (TPSA) is 57.6 Å². The van der Waals surface area contributed by atoms with E-state index in [0.29, 0.717) is 24.0 Å². The van der Waals surface area contributed by atoms with Crippen molar-refractivity contribution in [3.63, 3.8) is 0 Å². The van der Waals surface area contributed by atoms with Crippen LogP contribution in [0.3, 0.4) is 0 Å². The summed E-state index contributed by atoms with van der Waals surface area (Å²) in [7, 11) is 1.89. The number of carbonyl (C=O) groups excluding carboxylic acids is 2. The Bertz CT molecular complexity index is 729. The third kappa shape index (κ3) is 4.03. The van der Waals surface area contributed by atoms with Gasteiger partial charge in [0.05, 0.1) is 6.10 Å². The van der Waals surface area contributed by atoms with Crippen LogP contribution in [-0.4, -0.2) is 46.8 Å². The van der Waals surface area contributed by atoms with Gasteiger partial charge in [0, 0.05) is 36.1 Å². The molecule has 1 aliphatic heterocycles. The van der Waals surface area contributed by atoms with Gasteiger partial charge in [-0.25, -0.2) is 0 Å². The van der Waals surface area contributed by atoms with Crippen LogP contribution in [0.15, 0.2) is 60.7 Å². The maximum Gasteiger partial charge on any atom is 0.164 e. The third-order valence-electron chi connectivity index (χ3n) is 5.06. The highest BCUT2D eigenvalue weighted by molar-refractivity contribution is 5.97. The third-order valence-corrected chi connectivity index (χ3v) is 5.06. The SMILES string of the molecule is CN1[C@@H](CC(=O)c2ccccc2)C[C@H](O)[C@@H]1CC(=O)c1ccccc1. The van der Waals surface area contributed by atoms with Gasteiger partial charge >= 0.3 is 0 Å². The highest BCUT2D eigenvalue weighted by Gasteiger charge is 2.39. The Morgan fingerprint density at radius 1 is 0.920 bits per heavy atom. The van der Waals surface area contributed by atoms with E-state index in [2.05, 4.69) is 0 Å². The molecular weight excluding hydrogens is 314 g/mol. The minimum atomic E-state index is -0.591. The Hall–Kier alpha value is -2.30. The molecule has 4 nitrogen and oxygen atoms in total. The number of likely N-dealkylation sites (tertiary alicyclic amines) is 1. The number of Topliss-reactive ketones (excluding diaryl/α,β-unsaturated/α-hetero) is 2. The molecule has 0 radical (unpaired) electrons. The molecule has 0 bridgehead atoms. The predicted molar refractivity (Wildman–Crippen MR) is 96.7 cm³/mol. The second kappa shape index (κ2) is 7.72. The quantitative estimate of drug-likeness (QED) is 0.824. The molecule has 1 saturated heterocycles. The molecule has 2 aromatic carbocycles. The molecule has 0 aromatic heterocycles. The number of nitrogens with zero attached hydrogens (tertiary/aromatic N) is 1. The number of aliphatic hydroxyl groups is 1. The summed E-state index contributed by atoms with van der Waals surface area (Å²) in [6, 6.07) is 18.0. The molecule has 25 heavy (non-hydrogen) atoms. The van der Waals surface area contributed by atoms with Crippen molar-refractivity contribution in [1.82, 2.24) is 4.90 Å². The van der Waals surface area contributed by atoms with Gasteiger partial charge in [0.2, 0.25) is 0 Å². The Labute approximate surface area is 148 Å². The van der Waals surface area contributed by atoms with Gasteiger partial charge in [-0.15, -0.1) is 0 Å². The monoisotopic (exact) mass is 337 g/mol. The van der Waals surface area contributed by atoms with Crippen LogP contribution in [0.25, 0.3) is 0 Å². The van der Waals surface area contributed by atoms with Crippen molar-refractivity contribution in [3.8, 4) is 0 Å². The first kappa shape index (κ1) is 17.5. The molecule has 130 valence electrons. The summed E-state index contributed by atoms with van der Waals surface area (Å²) < 4.78 is 0. The minimum absolute atomic E-state index is 0.0199. The molecular formula is C21H23NO3. The van der Waals surface area contributed by atoms with E-state index in [0.717, 1.165) is 0 Å². The number of likely N-dealkylation sites (N-methyl/N-ethyl adjacent to an activating group) is 1. The molecule has 3 rings (SSSR count). The van der Waals surface area contributed by atoms with E-state index in [-0.39, 0.29) is 30.1 Å². The zero-order valence-corrected chi connectivity index (χ0v) is 14.3. The Balaban J connectivity index is 1.64. The first-order chi connectivity index (χ1) is 12.1. The molecule has 0 aliphatic carbocycles. The summed E-state index contributed by atoms with van der Waals surface area (Å²) >= 11 is 0. The molecule has 2 aromatic rings. The fourth-order valence-corrected chi connectivity index (χ4v) is 3.54. The van der Waals surface area contributed by atoms with E-state index in [1.807, 2.05) is 60.5 Å². The van der Waals surface area contributed by atoms with Gasteiger partial charge in [0.15, 0.2) is 11.6 Å². The number of ketones is 2. The van der Waals surface area contributed by atoms with Crippen molar-refractivity contribution in [3.05, 3.63) is 71.8 Å². The molecule has 1 heterocycles. The fraction of sp³-hybridized carbons (Fsp3) is 0.333. The van der Waals surface area contributed by atoms with Crippen LogP contribution in [-0.2, 0) is 0 Å². The molecule has 1 aliphatic rings. The highest BCUT2D eigenvalue weighted by Crippen LogP contribution is 2.29. The predicted octanol–water partition coefficient (Wildman–Crippen LogP) is 2.97. The summed E-state index contributed by atoms with van der Waals surface area (Å²) in [4.78, 5) is 26.9. The molecule has 0 unspecified atom stereocenters. The Morgan fingerprint density at radius 3 is 1.92 bits per heavy atom. The van der Waals surface area contributed by atoms with Crippen molar-refractivity contribution in [2.24, 2.45) is 0 Å². The van der Waals surface area contributed by atoms with E-state index in [9.17, 15) is 14.7 Å². The summed E-state index contributed by atoms with van der Waals surface area (Å²) in [5, 5.41) is 10.4. The number of rotatable bonds is 6. The normalized spacial score (nSPS) is 23.5. The maximum absolute atomic E-state index is 12.4. The number of carbonyl (C=O) groups is 2. The molecule has 0 saturated carbocycles. The average molecular weight is 337 g/mol. The number of aliphatic hydroxyl groups excluding tert-OH is 1. The molecule has 1 N–H and O–H groups in total. The van der Waals surface area contributed by atoms with E-state index < -0.39 is 6.10 Å². The highest BCUT2D eigenvalue weighted by atomic mass is 16.3. The standard InChI is InChI=1S/C21H23NO3/c1-22-17(12-19(23)15-8-4-2-5-9-15)13-21(25)18(22)14-20(24)16-10-6-3-7-11-16/h2-11,17-18,21,25H,12-14H2,1H3/t17-,18-,21-/m0/s1. The van der Waals surface area contributed by atoms with Crippen molar-refractivity contribution in [1.29, 1.82) is 0 Å². The summed E-state index contributed by atoms with van der Waals surface area (Å²) in [6.07, 6.45) is 0.541. The smallest absolute Gasteiger partial charge is 0.164 e. The molecule has 3 atom stereocenters. The summed E-state index contributed by atoms with van der Waals surface area (Å²) in [5.41, 5.74) is 1.35. The van der Waals surface area contributed by atoms with E-state index in [1.54, 1.807) is 12.1 Å². The van der Waals surface area contributed by atoms with Gasteiger partial charge < -0.3 is 5.11 Å². The molecule has 0 spiro atoms. The van der Waals surface area contributed by atoms with E-state index in [4.69, 9.17) is 0 Å². The van der Waals surface area contributed by atoms with Crippen molar-refractivity contribution in [2.45, 2.75) is 37.5 Å². The second-order valence-corrected chi connectivity index (χ2v) is 6.68. The van der Waals surface area contributed by atoms with Crippen molar-refractivity contribution in [2.75, 3.05) is 7.05 Å². The summed E-state index contributed by atoms with van der Waals surface area (Å²) in [6.45, 7) is 0. The van der Waals surface area contributed by atoms with Gasteiger partial charge in [0.25, 0.3) is 0 Å². The fourth-order valence-electron chi connectivity index (χ4n) is 3.54. The average Bonchev–Trinajstić information content (AvgIpc) is 2.90. The minimum Gasteiger partial charge on any atom is -0.391 e. The molecule has 1 fully saturated rings. The largest absolute Gasteiger partial charge is 0.391 e. The van der Waals surface area contributed by atoms with Crippen LogP contribution in [0, 0.1) is 0 Å². The molecule has 4 heteroatoms. The lowest BCUT2D eigenvalue weighted by Gasteiger charge is -2.25. The van der Waals surface area contributed by atoms with Gasteiger partial charge in [-0.3, -0.25) is 14.5 Å².